The summed E-state index contributed by atoms with van der Waals surface area (Å²) in [5.74, 6) is -3.56. The van der Waals surface area contributed by atoms with Crippen molar-refractivity contribution in [3.05, 3.63) is 111 Å². The number of nitrogens with zero attached hydrogens (tertiary/aromatic N) is 4. The number of carbonyl (C=O) groups is 6. The number of halogens is 1. The van der Waals surface area contributed by atoms with Gasteiger partial charge in [0.05, 0.1) is 16.8 Å². The predicted octanol–water partition coefficient (Wildman–Crippen LogP) is 6.49. The lowest BCUT2D eigenvalue weighted by atomic mass is 10.0. The van der Waals surface area contributed by atoms with Crippen LogP contribution in [-0.2, 0) is 59.3 Å². The number of hydrogen-bond acceptors (Lipinski definition) is 14. The van der Waals surface area contributed by atoms with E-state index in [1.807, 2.05) is 36.5 Å². The third-order valence-electron chi connectivity index (χ3n) is 12.0. The fourth-order valence-electron chi connectivity index (χ4n) is 8.62. The zero-order chi connectivity index (χ0) is 50.6. The van der Waals surface area contributed by atoms with E-state index in [-0.39, 0.29) is 71.0 Å². The Balaban J connectivity index is 0.798. The minimum absolute atomic E-state index is 0.0457. The SMILES string of the molecule is CC(C)(C)OC(=O)c1sc(-c2cccc(NC3CCN(S(=O)(=O)Cc4cccc(NC(=O)CCn5cc(CNc6cccc7c6CN(C6CCC(=O)NC6=O)C7=O)cn5)c4)CC3)c2)c(Cl)c1OCC(=O)O. The van der Waals surface area contributed by atoms with Crippen molar-refractivity contribution in [2.45, 2.75) is 95.9 Å². The number of carbonyl (C=O) groups excluding carboxylic acids is 5. The number of carboxylic acids is 1. The van der Waals surface area contributed by atoms with Crippen molar-refractivity contribution in [3.8, 4) is 16.2 Å². The van der Waals surface area contributed by atoms with E-state index >= 15 is 0 Å². The summed E-state index contributed by atoms with van der Waals surface area (Å²) in [5.41, 5.74) is 4.46. The van der Waals surface area contributed by atoms with Gasteiger partial charge in [-0.05, 0) is 87.6 Å². The van der Waals surface area contributed by atoms with Gasteiger partial charge in [0.25, 0.3) is 5.91 Å². The van der Waals surface area contributed by atoms with Gasteiger partial charge in [-0.25, -0.2) is 22.3 Å². The van der Waals surface area contributed by atoms with E-state index in [2.05, 4.69) is 26.4 Å². The molecule has 0 bridgehead atoms. The molecular weight excluding hydrogens is 976 g/mol. The number of benzene rings is 3. The van der Waals surface area contributed by atoms with Crippen molar-refractivity contribution in [2.75, 3.05) is 35.6 Å². The quantitative estimate of drug-likeness (QED) is 0.0465. The van der Waals surface area contributed by atoms with Gasteiger partial charge in [-0.3, -0.25) is 29.2 Å². The first-order chi connectivity index (χ1) is 33.8. The molecule has 0 aliphatic carbocycles. The summed E-state index contributed by atoms with van der Waals surface area (Å²) in [6.07, 6.45) is 5.14. The average molecular weight is 1030 g/mol. The molecule has 19 nitrogen and oxygen atoms in total. The van der Waals surface area contributed by atoms with Crippen molar-refractivity contribution in [3.63, 3.8) is 0 Å². The van der Waals surface area contributed by atoms with Crippen LogP contribution in [0, 0.1) is 0 Å². The molecule has 0 saturated carbocycles. The van der Waals surface area contributed by atoms with Gasteiger partial charge in [0.15, 0.2) is 17.2 Å². The van der Waals surface area contributed by atoms with Crippen LogP contribution in [0.15, 0.2) is 79.1 Å². The van der Waals surface area contributed by atoms with Gasteiger partial charge >= 0.3 is 11.9 Å². The van der Waals surface area contributed by atoms with Crippen LogP contribution in [0.2, 0.25) is 5.02 Å². The van der Waals surface area contributed by atoms with E-state index in [1.165, 1.54) is 9.21 Å². The number of aliphatic carboxylic acids is 1. The zero-order valence-electron chi connectivity index (χ0n) is 39.2. The summed E-state index contributed by atoms with van der Waals surface area (Å²) in [4.78, 5) is 76.8. The number of fused-ring (bicyclic) bond motifs is 1. The first-order valence-corrected chi connectivity index (χ1v) is 25.8. The third-order valence-corrected chi connectivity index (χ3v) is 15.5. The number of sulfonamides is 1. The van der Waals surface area contributed by atoms with E-state index in [4.69, 9.17) is 21.1 Å². The molecule has 1 unspecified atom stereocenters. The Morgan fingerprint density at radius 1 is 0.972 bits per heavy atom. The Morgan fingerprint density at radius 3 is 2.46 bits per heavy atom. The zero-order valence-corrected chi connectivity index (χ0v) is 41.5. The van der Waals surface area contributed by atoms with Crippen LogP contribution < -0.4 is 26.0 Å². The number of aryl methyl sites for hydroxylation is 1. The largest absolute Gasteiger partial charge is 0.479 e. The monoisotopic (exact) mass is 1030 g/mol. The maximum atomic E-state index is 13.6. The number of rotatable bonds is 18. The summed E-state index contributed by atoms with van der Waals surface area (Å²) in [5, 5.41) is 25.8. The molecule has 1 atom stereocenters. The van der Waals surface area contributed by atoms with Gasteiger partial charge in [0.1, 0.15) is 16.7 Å². The molecule has 2 aromatic heterocycles. The van der Waals surface area contributed by atoms with Crippen LogP contribution in [0.4, 0.5) is 17.1 Å². The minimum atomic E-state index is -3.70. The number of hydrogen-bond donors (Lipinski definition) is 5. The summed E-state index contributed by atoms with van der Waals surface area (Å²) in [7, 11) is -3.70. The fourth-order valence-corrected chi connectivity index (χ4v) is 11.6. The highest BCUT2D eigenvalue weighted by Crippen LogP contribution is 2.46. The number of esters is 1. The van der Waals surface area contributed by atoms with Crippen molar-refractivity contribution < 1.29 is 51.8 Å². The molecule has 8 rings (SSSR count). The van der Waals surface area contributed by atoms with Crippen molar-refractivity contribution in [1.82, 2.24) is 24.3 Å². The maximum Gasteiger partial charge on any atom is 0.352 e. The van der Waals surface area contributed by atoms with Gasteiger partial charge in [-0.1, -0.05) is 41.9 Å². The first-order valence-electron chi connectivity index (χ1n) is 23.0. The number of piperidine rings is 2. The Morgan fingerprint density at radius 2 is 1.72 bits per heavy atom. The van der Waals surface area contributed by atoms with Crippen LogP contribution in [0.1, 0.15) is 89.6 Å². The molecule has 0 spiro atoms. The third kappa shape index (κ3) is 12.4. The van der Waals surface area contributed by atoms with Crippen LogP contribution >= 0.6 is 22.9 Å². The van der Waals surface area contributed by atoms with Gasteiger partial charge in [-0.15, -0.1) is 11.3 Å². The second kappa shape index (κ2) is 21.3. The topological polar surface area (TPSA) is 248 Å². The number of thiophene rings is 1. The molecule has 2 fully saturated rings. The van der Waals surface area contributed by atoms with E-state index < -0.39 is 46.1 Å². The van der Waals surface area contributed by atoms with E-state index in [0.717, 1.165) is 33.8 Å². The minimum Gasteiger partial charge on any atom is -0.479 e. The lowest BCUT2D eigenvalue weighted by Crippen LogP contribution is -2.52. The summed E-state index contributed by atoms with van der Waals surface area (Å²) < 4.78 is 41.4. The number of aromatic nitrogens is 2. The number of amides is 4. The number of carboxylic acid groups (broad SMARTS) is 1. The highest BCUT2D eigenvalue weighted by atomic mass is 35.5. The molecule has 5 aromatic rings. The molecule has 0 radical (unpaired) electrons. The Labute approximate surface area is 418 Å². The molecule has 22 heteroatoms. The second-order valence-electron chi connectivity index (χ2n) is 18.4. The second-order valence-corrected chi connectivity index (χ2v) is 21.8. The van der Waals surface area contributed by atoms with E-state index in [1.54, 1.807) is 68.0 Å². The lowest BCUT2D eigenvalue weighted by molar-refractivity contribution is -0.139. The van der Waals surface area contributed by atoms with Crippen LogP contribution in [0.5, 0.6) is 5.75 Å². The summed E-state index contributed by atoms with van der Waals surface area (Å²) >= 11 is 7.75. The smallest absolute Gasteiger partial charge is 0.352 e. The van der Waals surface area contributed by atoms with Gasteiger partial charge in [0, 0.05) is 91.6 Å². The standard InChI is InChI=1S/C49H53ClN8O11S2/c1-49(2,3)69-48(65)45-43(68-27-41(61)62)42(50)44(70-45)31-8-5-10-34(22-31)53-32-15-19-57(20-16-32)71(66,67)28-29-7-4-9-33(21-29)54-40(60)17-18-56-25-30(24-52-56)23-51-37-12-6-11-35-36(37)26-58(47(35)64)38-13-14-39(59)55-46(38)63/h4-12,21-22,24-25,32,38,51,53H,13-20,23,26-28H2,1-3H3,(H,54,60)(H,61,62)(H,55,59,63). The molecule has 4 amide bonds. The Bertz CT molecular complexity index is 3000. The van der Waals surface area contributed by atoms with Gasteiger partial charge in [0.2, 0.25) is 27.7 Å². The van der Waals surface area contributed by atoms with Crippen molar-refractivity contribution in [2.24, 2.45) is 0 Å². The average Bonchev–Trinajstić information content (AvgIpc) is 4.01. The highest BCUT2D eigenvalue weighted by Gasteiger charge is 2.40. The molecule has 3 aliphatic heterocycles. The number of ether oxygens (including phenoxy) is 2. The van der Waals surface area contributed by atoms with E-state index in [9.17, 15) is 42.3 Å². The lowest BCUT2D eigenvalue weighted by Gasteiger charge is -2.32. The number of nitrogens with one attached hydrogen (secondary N) is 4. The Hall–Kier alpha value is -6.81. The molecule has 5 N–H and O–H groups in total. The van der Waals surface area contributed by atoms with Crippen molar-refractivity contribution >= 4 is 85.6 Å². The highest BCUT2D eigenvalue weighted by molar-refractivity contribution is 7.88. The summed E-state index contributed by atoms with van der Waals surface area (Å²) in [6, 6.07) is 18.7. The molecule has 3 aromatic carbocycles. The molecular formula is C49H53ClN8O11S2. The molecule has 5 heterocycles. The maximum absolute atomic E-state index is 13.6. The van der Waals surface area contributed by atoms with Crippen LogP contribution in [-0.4, -0.2) is 105 Å². The molecule has 3 aliphatic rings. The van der Waals surface area contributed by atoms with Crippen LogP contribution in [0.3, 0.4) is 0 Å². The first kappa shape index (κ1) is 50.6. The summed E-state index contributed by atoms with van der Waals surface area (Å²) in [6.45, 7) is 5.96. The van der Waals surface area contributed by atoms with Gasteiger partial charge < -0.3 is 35.4 Å². The number of anilines is 3. The van der Waals surface area contributed by atoms with Crippen LogP contribution in [0.25, 0.3) is 10.4 Å². The Kier molecular flexibility index (Phi) is 15.2. The molecule has 2 saturated heterocycles. The molecule has 71 heavy (non-hydrogen) atoms. The number of imide groups is 1. The van der Waals surface area contributed by atoms with E-state index in [0.29, 0.717) is 66.3 Å². The normalized spacial score (nSPS) is 16.6. The predicted molar refractivity (Wildman–Crippen MR) is 266 cm³/mol. The van der Waals surface area contributed by atoms with Gasteiger partial charge in [-0.2, -0.15) is 5.10 Å². The molecule has 374 valence electrons. The fraction of sp³-hybridized carbons (Fsp3) is 0.367. The van der Waals surface area contributed by atoms with Crippen molar-refractivity contribution in [1.29, 1.82) is 0 Å².